The number of hydrogen-bond acceptors (Lipinski definition) is 5. The maximum absolute atomic E-state index is 11.5. The topological polar surface area (TPSA) is 118 Å². The molecular weight excluding hydrogens is 400 g/mol. The molecule has 0 fully saturated rings. The van der Waals surface area contributed by atoms with Crippen LogP contribution in [0.4, 0.5) is 0 Å². The molecule has 0 spiro atoms. The molecular formula is C24H26O7. The highest BCUT2D eigenvalue weighted by atomic mass is 16.6. The van der Waals surface area contributed by atoms with Gasteiger partial charge in [0, 0.05) is 0 Å². The van der Waals surface area contributed by atoms with Gasteiger partial charge in [-0.05, 0) is 99.9 Å². The molecule has 1 aliphatic heterocycles. The highest BCUT2D eigenvalue weighted by molar-refractivity contribution is 6.16. The molecule has 31 heavy (non-hydrogen) atoms. The summed E-state index contributed by atoms with van der Waals surface area (Å²) in [4.78, 5) is 45.1. The van der Waals surface area contributed by atoms with Gasteiger partial charge in [0.25, 0.3) is 0 Å². The molecule has 0 radical (unpaired) electrons. The number of fused-ring (bicyclic) bond motifs is 1. The summed E-state index contributed by atoms with van der Waals surface area (Å²) in [6.45, 7) is 14.5. The van der Waals surface area contributed by atoms with E-state index in [1.807, 2.05) is 27.7 Å². The highest BCUT2D eigenvalue weighted by Gasteiger charge is 2.34. The fraction of sp³-hybridized carbons (Fsp3) is 0.333. The summed E-state index contributed by atoms with van der Waals surface area (Å²) in [5.74, 6) is -3.42. The summed E-state index contributed by atoms with van der Waals surface area (Å²) in [6.07, 6.45) is 0. The lowest BCUT2D eigenvalue weighted by Crippen LogP contribution is -2.15. The van der Waals surface area contributed by atoms with E-state index in [1.54, 1.807) is 27.7 Å². The van der Waals surface area contributed by atoms with Crippen molar-refractivity contribution in [3.05, 3.63) is 66.8 Å². The lowest BCUT2D eigenvalue weighted by atomic mass is 9.89. The predicted octanol–water partition coefficient (Wildman–Crippen LogP) is 4.55. The van der Waals surface area contributed by atoms with Gasteiger partial charge in [0.1, 0.15) is 0 Å². The Balaban J connectivity index is 0.000000220. The summed E-state index contributed by atoms with van der Waals surface area (Å²) in [6, 6.07) is 0. The monoisotopic (exact) mass is 426 g/mol. The number of hydrogen-bond donors (Lipinski definition) is 2. The minimum absolute atomic E-state index is 0.104. The molecule has 164 valence electrons. The normalized spacial score (nSPS) is 12.1. The Bertz CT molecular complexity index is 1080. The molecule has 2 aromatic carbocycles. The van der Waals surface area contributed by atoms with E-state index in [4.69, 9.17) is 10.2 Å². The quantitative estimate of drug-likeness (QED) is 0.534. The largest absolute Gasteiger partial charge is 0.478 e. The molecule has 2 N–H and O–H groups in total. The molecule has 1 heterocycles. The molecule has 0 saturated heterocycles. The average molecular weight is 426 g/mol. The van der Waals surface area contributed by atoms with Crippen LogP contribution in [-0.2, 0) is 4.74 Å². The van der Waals surface area contributed by atoms with Crippen molar-refractivity contribution in [2.24, 2.45) is 0 Å². The third kappa shape index (κ3) is 3.83. The van der Waals surface area contributed by atoms with Gasteiger partial charge in [0.15, 0.2) is 0 Å². The number of ether oxygens (including phenoxy) is 1. The Hall–Kier alpha value is -3.48. The number of carboxylic acids is 2. The third-order valence-corrected chi connectivity index (χ3v) is 6.40. The van der Waals surface area contributed by atoms with E-state index < -0.39 is 23.9 Å². The molecule has 0 aliphatic carbocycles. The van der Waals surface area contributed by atoms with Crippen molar-refractivity contribution in [1.29, 1.82) is 0 Å². The lowest BCUT2D eigenvalue weighted by molar-refractivity contribution is 0.0442. The zero-order valence-corrected chi connectivity index (χ0v) is 18.9. The van der Waals surface area contributed by atoms with Crippen molar-refractivity contribution < 1.29 is 34.1 Å². The van der Waals surface area contributed by atoms with Crippen molar-refractivity contribution in [2.45, 2.75) is 55.4 Å². The minimum atomic E-state index is -1.19. The number of carbonyl (C=O) groups is 4. The summed E-state index contributed by atoms with van der Waals surface area (Å²) in [7, 11) is 0. The zero-order valence-electron chi connectivity index (χ0n) is 18.9. The first-order valence-corrected chi connectivity index (χ1v) is 9.67. The first-order chi connectivity index (χ1) is 14.2. The molecule has 0 unspecified atom stereocenters. The van der Waals surface area contributed by atoms with Crippen molar-refractivity contribution in [2.75, 3.05) is 0 Å². The molecule has 0 aromatic heterocycles. The Morgan fingerprint density at radius 1 is 0.516 bits per heavy atom. The van der Waals surface area contributed by atoms with E-state index in [1.165, 1.54) is 0 Å². The first-order valence-electron chi connectivity index (χ1n) is 9.67. The average Bonchev–Trinajstić information content (AvgIpc) is 2.99. The fourth-order valence-corrected chi connectivity index (χ4v) is 3.86. The maximum atomic E-state index is 11.5. The number of carbonyl (C=O) groups excluding carboxylic acids is 2. The van der Waals surface area contributed by atoms with Crippen LogP contribution in [0.2, 0.25) is 0 Å². The van der Waals surface area contributed by atoms with Gasteiger partial charge in [-0.25, -0.2) is 19.2 Å². The predicted molar refractivity (Wildman–Crippen MR) is 114 cm³/mol. The SMILES string of the molecule is Cc1c(C)c(C)c(C(=O)O)c(C(=O)O)c1C.Cc1c(C)c(C)c2c(c1C)C(=O)OC2=O. The van der Waals surface area contributed by atoms with Crippen molar-refractivity contribution >= 4 is 23.9 Å². The smallest absolute Gasteiger partial charge is 0.347 e. The maximum Gasteiger partial charge on any atom is 0.347 e. The van der Waals surface area contributed by atoms with E-state index in [9.17, 15) is 19.2 Å². The molecule has 1 aliphatic rings. The number of esters is 2. The Kier molecular flexibility index (Phi) is 6.40. The summed E-state index contributed by atoms with van der Waals surface area (Å²) in [5, 5.41) is 18.1. The summed E-state index contributed by atoms with van der Waals surface area (Å²) in [5.41, 5.74) is 7.20. The van der Waals surface area contributed by atoms with Crippen LogP contribution in [0.15, 0.2) is 0 Å². The molecule has 0 amide bonds. The van der Waals surface area contributed by atoms with Crippen molar-refractivity contribution in [3.63, 3.8) is 0 Å². The van der Waals surface area contributed by atoms with Crippen molar-refractivity contribution in [3.8, 4) is 0 Å². The molecule has 2 aromatic rings. The van der Waals surface area contributed by atoms with Crippen LogP contribution in [0.25, 0.3) is 0 Å². The van der Waals surface area contributed by atoms with Crippen LogP contribution >= 0.6 is 0 Å². The second kappa shape index (κ2) is 8.34. The second-order valence-corrected chi connectivity index (χ2v) is 7.79. The Morgan fingerprint density at radius 2 is 0.774 bits per heavy atom. The van der Waals surface area contributed by atoms with Gasteiger partial charge in [-0.1, -0.05) is 0 Å². The van der Waals surface area contributed by atoms with Gasteiger partial charge in [-0.15, -0.1) is 0 Å². The van der Waals surface area contributed by atoms with Gasteiger partial charge in [0.2, 0.25) is 0 Å². The van der Waals surface area contributed by atoms with E-state index in [0.717, 1.165) is 33.4 Å². The third-order valence-electron chi connectivity index (χ3n) is 6.40. The van der Waals surface area contributed by atoms with Crippen LogP contribution in [0.1, 0.15) is 85.9 Å². The summed E-state index contributed by atoms with van der Waals surface area (Å²) >= 11 is 0. The van der Waals surface area contributed by atoms with Crippen LogP contribution in [0.5, 0.6) is 0 Å². The fourth-order valence-electron chi connectivity index (χ4n) is 3.86. The van der Waals surface area contributed by atoms with E-state index >= 15 is 0 Å². The summed E-state index contributed by atoms with van der Waals surface area (Å²) < 4.78 is 4.63. The van der Waals surface area contributed by atoms with Gasteiger partial charge < -0.3 is 14.9 Å². The van der Waals surface area contributed by atoms with Crippen molar-refractivity contribution in [1.82, 2.24) is 0 Å². The van der Waals surface area contributed by atoms with Crippen LogP contribution < -0.4 is 0 Å². The van der Waals surface area contributed by atoms with E-state index in [2.05, 4.69) is 4.74 Å². The molecule has 3 rings (SSSR count). The van der Waals surface area contributed by atoms with E-state index in [0.29, 0.717) is 22.3 Å². The number of aromatic carboxylic acids is 2. The van der Waals surface area contributed by atoms with Gasteiger partial charge in [0.05, 0.1) is 22.3 Å². The standard InChI is InChI=1S/C12H14O4.C12H12O3/c1-5-6(2)8(4)10(12(15)16)9(7(5)3)11(13)14;1-5-6(2)8(4)10-9(7(5)3)11(13)15-12(10)14/h1-4H3,(H,13,14)(H,15,16);1-4H3. The minimum Gasteiger partial charge on any atom is -0.478 e. The second-order valence-electron chi connectivity index (χ2n) is 7.79. The number of benzene rings is 2. The highest BCUT2D eigenvalue weighted by Crippen LogP contribution is 2.31. The molecule has 0 bridgehead atoms. The number of cyclic esters (lactones) is 2. The molecule has 0 saturated carbocycles. The van der Waals surface area contributed by atoms with Gasteiger partial charge >= 0.3 is 23.9 Å². The van der Waals surface area contributed by atoms with Crippen LogP contribution in [0, 0.1) is 55.4 Å². The van der Waals surface area contributed by atoms with Crippen LogP contribution in [-0.4, -0.2) is 34.1 Å². The number of rotatable bonds is 2. The molecule has 7 nitrogen and oxygen atoms in total. The zero-order chi connectivity index (χ0) is 23.9. The first kappa shape index (κ1) is 23.8. The van der Waals surface area contributed by atoms with Gasteiger partial charge in [-0.3, -0.25) is 0 Å². The van der Waals surface area contributed by atoms with Gasteiger partial charge in [-0.2, -0.15) is 0 Å². The molecule has 0 atom stereocenters. The van der Waals surface area contributed by atoms with E-state index in [-0.39, 0.29) is 11.1 Å². The molecule has 7 heteroatoms. The number of carboxylic acid groups (broad SMARTS) is 2. The lowest BCUT2D eigenvalue weighted by Gasteiger charge is -2.15. The van der Waals surface area contributed by atoms with Crippen LogP contribution in [0.3, 0.4) is 0 Å². The Morgan fingerprint density at radius 3 is 1.03 bits per heavy atom. The Labute approximate surface area is 180 Å².